The molecule has 2 rings (SSSR count). The van der Waals surface area contributed by atoms with Crippen LogP contribution in [-0.4, -0.2) is 18.7 Å². The van der Waals surface area contributed by atoms with Crippen LogP contribution in [0, 0.1) is 6.92 Å². The Hall–Kier alpha value is -1.77. The van der Waals surface area contributed by atoms with E-state index in [0.29, 0.717) is 0 Å². The molecule has 0 saturated heterocycles. The second kappa shape index (κ2) is 4.16. The molecule has 1 heterocycles. The average Bonchev–Trinajstić information content (AvgIpc) is 2.35. The normalized spacial score (nSPS) is 22.3. The summed E-state index contributed by atoms with van der Waals surface area (Å²) in [5.41, 5.74) is 3.19. The molecule has 3 nitrogen and oxygen atoms in total. The van der Waals surface area contributed by atoms with Crippen LogP contribution in [0.2, 0.25) is 0 Å². The van der Waals surface area contributed by atoms with Crippen LogP contribution >= 0.6 is 0 Å². The average molecular weight is 246 g/mol. The van der Waals surface area contributed by atoms with E-state index in [-0.39, 0.29) is 5.97 Å². The summed E-state index contributed by atoms with van der Waals surface area (Å²) in [6.07, 6.45) is 0. The van der Waals surface area contributed by atoms with E-state index < -0.39 is 5.60 Å². The number of aryl methyl sites for hydroxylation is 1. The van der Waals surface area contributed by atoms with Crippen molar-refractivity contribution in [1.82, 2.24) is 0 Å². The number of hydrogen-bond donors (Lipinski definition) is 0. The standard InChI is InChI=1S/C15H18O3/c1-9-7-6-8-12-13(9)10(2)11(3)15(4,18-12)14(16)17-5/h6-8H,1-5H3. The zero-order chi connectivity index (χ0) is 13.5. The minimum Gasteiger partial charge on any atom is -0.471 e. The summed E-state index contributed by atoms with van der Waals surface area (Å²) in [5.74, 6) is 0.373. The fourth-order valence-corrected chi connectivity index (χ4v) is 2.44. The van der Waals surface area contributed by atoms with Crippen LogP contribution in [0.3, 0.4) is 0 Å². The van der Waals surface area contributed by atoms with Gasteiger partial charge in [-0.2, -0.15) is 0 Å². The van der Waals surface area contributed by atoms with Crippen molar-refractivity contribution in [3.63, 3.8) is 0 Å². The zero-order valence-electron chi connectivity index (χ0n) is 11.5. The maximum atomic E-state index is 12.0. The van der Waals surface area contributed by atoms with Gasteiger partial charge >= 0.3 is 5.97 Å². The summed E-state index contributed by atoms with van der Waals surface area (Å²) in [6, 6.07) is 5.86. The summed E-state index contributed by atoms with van der Waals surface area (Å²) in [7, 11) is 1.38. The van der Waals surface area contributed by atoms with E-state index in [4.69, 9.17) is 9.47 Å². The summed E-state index contributed by atoms with van der Waals surface area (Å²) >= 11 is 0. The Bertz CT molecular complexity index is 543. The molecule has 1 aromatic rings. The topological polar surface area (TPSA) is 35.5 Å². The first-order valence-electron chi connectivity index (χ1n) is 5.97. The number of fused-ring (bicyclic) bond motifs is 1. The monoisotopic (exact) mass is 246 g/mol. The quantitative estimate of drug-likeness (QED) is 0.714. The lowest BCUT2D eigenvalue weighted by Gasteiger charge is -2.35. The highest BCUT2D eigenvalue weighted by Crippen LogP contribution is 2.42. The van der Waals surface area contributed by atoms with Crippen LogP contribution < -0.4 is 4.74 Å². The summed E-state index contributed by atoms with van der Waals surface area (Å²) in [6.45, 7) is 7.73. The third-order valence-electron chi connectivity index (χ3n) is 3.78. The Morgan fingerprint density at radius 3 is 2.56 bits per heavy atom. The van der Waals surface area contributed by atoms with E-state index in [1.165, 1.54) is 7.11 Å². The van der Waals surface area contributed by atoms with Gasteiger partial charge in [0.1, 0.15) is 5.75 Å². The summed E-state index contributed by atoms with van der Waals surface area (Å²) < 4.78 is 10.8. The van der Waals surface area contributed by atoms with Crippen molar-refractivity contribution in [2.24, 2.45) is 0 Å². The van der Waals surface area contributed by atoms with Gasteiger partial charge in [-0.15, -0.1) is 0 Å². The second-order valence-electron chi connectivity index (χ2n) is 4.82. The molecule has 1 unspecified atom stereocenters. The van der Waals surface area contributed by atoms with Crippen molar-refractivity contribution >= 4 is 11.5 Å². The van der Waals surface area contributed by atoms with Gasteiger partial charge in [0.25, 0.3) is 0 Å². The van der Waals surface area contributed by atoms with Crippen molar-refractivity contribution in [3.05, 3.63) is 34.9 Å². The molecular formula is C15H18O3. The largest absolute Gasteiger partial charge is 0.471 e. The van der Waals surface area contributed by atoms with Crippen LogP contribution in [0.4, 0.5) is 0 Å². The van der Waals surface area contributed by atoms with E-state index >= 15 is 0 Å². The van der Waals surface area contributed by atoms with Gasteiger partial charge in [-0.1, -0.05) is 12.1 Å². The van der Waals surface area contributed by atoms with Crippen LogP contribution in [0.15, 0.2) is 23.8 Å². The number of benzene rings is 1. The first-order chi connectivity index (χ1) is 8.41. The Kier molecular flexibility index (Phi) is 2.93. The SMILES string of the molecule is COC(=O)C1(C)Oc2cccc(C)c2C(C)=C1C. The van der Waals surface area contributed by atoms with Crippen molar-refractivity contribution in [2.75, 3.05) is 7.11 Å². The lowest BCUT2D eigenvalue weighted by Crippen LogP contribution is -2.45. The Morgan fingerprint density at radius 1 is 1.28 bits per heavy atom. The van der Waals surface area contributed by atoms with Crippen molar-refractivity contribution in [2.45, 2.75) is 33.3 Å². The number of methoxy groups -OCH3 is 1. The molecule has 0 bridgehead atoms. The molecule has 1 aliphatic rings. The fraction of sp³-hybridized carbons (Fsp3) is 0.400. The van der Waals surface area contributed by atoms with Gasteiger partial charge < -0.3 is 9.47 Å². The Morgan fingerprint density at radius 2 is 1.94 bits per heavy atom. The molecule has 18 heavy (non-hydrogen) atoms. The van der Waals surface area contributed by atoms with Crippen LogP contribution in [0.25, 0.3) is 5.57 Å². The molecule has 1 atom stereocenters. The lowest BCUT2D eigenvalue weighted by molar-refractivity contribution is -0.154. The van der Waals surface area contributed by atoms with Gasteiger partial charge in [0.05, 0.1) is 7.11 Å². The molecule has 96 valence electrons. The van der Waals surface area contributed by atoms with Crippen molar-refractivity contribution in [3.8, 4) is 5.75 Å². The molecule has 0 saturated carbocycles. The molecule has 0 radical (unpaired) electrons. The molecule has 3 heteroatoms. The number of allylic oxidation sites excluding steroid dienone is 1. The van der Waals surface area contributed by atoms with Crippen molar-refractivity contribution in [1.29, 1.82) is 0 Å². The molecule has 0 fully saturated rings. The van der Waals surface area contributed by atoms with Gasteiger partial charge in [0, 0.05) is 5.56 Å². The first kappa shape index (κ1) is 12.7. The summed E-state index contributed by atoms with van der Waals surface area (Å²) in [4.78, 5) is 12.0. The Labute approximate surface area is 107 Å². The van der Waals surface area contributed by atoms with Crippen LogP contribution in [0.1, 0.15) is 31.9 Å². The Balaban J connectivity index is 2.65. The maximum absolute atomic E-state index is 12.0. The minimum absolute atomic E-state index is 0.369. The van der Waals surface area contributed by atoms with E-state index in [0.717, 1.165) is 28.0 Å². The second-order valence-corrected chi connectivity index (χ2v) is 4.82. The molecule has 0 spiro atoms. The third kappa shape index (κ3) is 1.62. The van der Waals surface area contributed by atoms with Gasteiger partial charge in [0.15, 0.2) is 0 Å². The van der Waals surface area contributed by atoms with Gasteiger partial charge in [0.2, 0.25) is 5.60 Å². The summed E-state index contributed by atoms with van der Waals surface area (Å²) in [5, 5.41) is 0. The molecule has 0 aromatic heterocycles. The molecule has 1 aliphatic heterocycles. The predicted octanol–water partition coefficient (Wildman–Crippen LogP) is 3.11. The highest BCUT2D eigenvalue weighted by Gasteiger charge is 2.43. The highest BCUT2D eigenvalue weighted by atomic mass is 16.6. The number of carbonyl (C=O) groups is 1. The van der Waals surface area contributed by atoms with Gasteiger partial charge in [-0.05, 0) is 50.5 Å². The number of rotatable bonds is 1. The van der Waals surface area contributed by atoms with Gasteiger partial charge in [-0.25, -0.2) is 4.79 Å². The maximum Gasteiger partial charge on any atom is 0.354 e. The van der Waals surface area contributed by atoms with Crippen LogP contribution in [0.5, 0.6) is 5.75 Å². The number of hydrogen-bond acceptors (Lipinski definition) is 3. The number of carbonyl (C=O) groups excluding carboxylic acids is 1. The van der Waals surface area contributed by atoms with E-state index in [1.807, 2.05) is 39.0 Å². The third-order valence-corrected chi connectivity index (χ3v) is 3.78. The molecule has 0 amide bonds. The first-order valence-corrected chi connectivity index (χ1v) is 5.97. The molecular weight excluding hydrogens is 228 g/mol. The van der Waals surface area contributed by atoms with Crippen LogP contribution in [-0.2, 0) is 9.53 Å². The molecule has 0 N–H and O–H groups in total. The molecule has 1 aromatic carbocycles. The zero-order valence-corrected chi connectivity index (χ0v) is 11.5. The van der Waals surface area contributed by atoms with E-state index in [2.05, 4.69) is 0 Å². The molecule has 0 aliphatic carbocycles. The van der Waals surface area contributed by atoms with Gasteiger partial charge in [-0.3, -0.25) is 0 Å². The van der Waals surface area contributed by atoms with E-state index in [1.54, 1.807) is 6.92 Å². The number of ether oxygens (including phenoxy) is 2. The van der Waals surface area contributed by atoms with E-state index in [9.17, 15) is 4.79 Å². The minimum atomic E-state index is -1.03. The smallest absolute Gasteiger partial charge is 0.354 e. The highest BCUT2D eigenvalue weighted by molar-refractivity contribution is 5.90. The lowest BCUT2D eigenvalue weighted by atomic mass is 9.85. The predicted molar refractivity (Wildman–Crippen MR) is 70.5 cm³/mol. The van der Waals surface area contributed by atoms with Crippen molar-refractivity contribution < 1.29 is 14.3 Å². The fourth-order valence-electron chi connectivity index (χ4n) is 2.44. The number of esters is 1.